The average Bonchev–Trinajstić information content (AvgIpc) is 3.51. The van der Waals surface area contributed by atoms with Gasteiger partial charge in [-0.15, -0.1) is 6.58 Å². The maximum absolute atomic E-state index is 13.2. The number of pyridine rings is 1. The van der Waals surface area contributed by atoms with Crippen molar-refractivity contribution in [1.82, 2.24) is 29.2 Å². The van der Waals surface area contributed by atoms with Crippen molar-refractivity contribution in [3.8, 4) is 5.82 Å². The molecular formula is C29H34N8O2. The number of benzene rings is 1. The van der Waals surface area contributed by atoms with Crippen LogP contribution in [0.4, 0.5) is 17.3 Å². The van der Waals surface area contributed by atoms with Crippen molar-refractivity contribution in [2.75, 3.05) is 36.4 Å². The zero-order valence-corrected chi connectivity index (χ0v) is 22.4. The van der Waals surface area contributed by atoms with Crippen molar-refractivity contribution >= 4 is 28.4 Å². The summed E-state index contributed by atoms with van der Waals surface area (Å²) in [6.45, 7) is 11.9. The summed E-state index contributed by atoms with van der Waals surface area (Å²) < 4.78 is 3.18. The number of nitrogens with one attached hydrogen (secondary N) is 1. The van der Waals surface area contributed by atoms with E-state index in [1.807, 2.05) is 12.1 Å². The minimum absolute atomic E-state index is 0.237. The first kappa shape index (κ1) is 25.3. The van der Waals surface area contributed by atoms with E-state index < -0.39 is 5.60 Å². The van der Waals surface area contributed by atoms with Crippen LogP contribution in [-0.4, -0.2) is 66.5 Å². The van der Waals surface area contributed by atoms with Gasteiger partial charge in [0.15, 0.2) is 11.5 Å². The highest BCUT2D eigenvalue weighted by Crippen LogP contribution is 2.27. The van der Waals surface area contributed by atoms with Crippen molar-refractivity contribution < 1.29 is 5.11 Å². The smallest absolute Gasteiger partial charge is 0.278 e. The van der Waals surface area contributed by atoms with Gasteiger partial charge in [-0.2, -0.15) is 4.98 Å². The minimum atomic E-state index is -1.14. The number of allylic oxidation sites excluding steroid dienone is 1. The normalized spacial score (nSPS) is 17.9. The molecule has 0 saturated carbocycles. The summed E-state index contributed by atoms with van der Waals surface area (Å²) in [5.74, 6) is 0.845. The molecule has 6 rings (SSSR count). The SMILES string of the molecule is C=CCn1c(=O)c2cnc(Nc3ccc(N4CCN5CCC[C@@H]5C4)cc3)nc2n1-c1cccc(C(C)(C)O)n1. The molecule has 0 amide bonds. The van der Waals surface area contributed by atoms with Crippen LogP contribution in [0.5, 0.6) is 0 Å². The number of nitrogens with zero attached hydrogens (tertiary/aromatic N) is 7. The van der Waals surface area contributed by atoms with Gasteiger partial charge in [0, 0.05) is 43.2 Å². The summed E-state index contributed by atoms with van der Waals surface area (Å²) in [5.41, 5.74) is 1.61. The number of piperazine rings is 1. The Morgan fingerprint density at radius 1 is 1.13 bits per heavy atom. The second kappa shape index (κ2) is 9.94. The van der Waals surface area contributed by atoms with Gasteiger partial charge < -0.3 is 15.3 Å². The standard InChI is InChI=1S/C29H34N8O2/c1-4-14-36-27(38)23-18-30-28(33-26(23)37(36)25-9-5-8-24(32-25)29(2,3)39)31-20-10-12-21(13-11-20)35-17-16-34-15-6-7-22(34)19-35/h4-5,8-13,18,22,39H,1,6-7,14-17,19H2,2-3H3,(H,30,31,33)/t22-/m1/s1. The van der Waals surface area contributed by atoms with Gasteiger partial charge in [0.05, 0.1) is 12.2 Å². The minimum Gasteiger partial charge on any atom is -0.384 e. The monoisotopic (exact) mass is 526 g/mol. The highest BCUT2D eigenvalue weighted by molar-refractivity contribution is 5.77. The van der Waals surface area contributed by atoms with Crippen molar-refractivity contribution in [1.29, 1.82) is 0 Å². The van der Waals surface area contributed by atoms with Crippen LogP contribution in [0.15, 0.2) is 66.1 Å². The summed E-state index contributed by atoms with van der Waals surface area (Å²) in [6, 6.07) is 14.3. The van der Waals surface area contributed by atoms with E-state index in [9.17, 15) is 9.90 Å². The molecule has 4 aromatic rings. The number of fused-ring (bicyclic) bond motifs is 2. The molecule has 2 saturated heterocycles. The summed E-state index contributed by atoms with van der Waals surface area (Å²) in [7, 11) is 0. The predicted octanol–water partition coefficient (Wildman–Crippen LogP) is 3.42. The zero-order valence-electron chi connectivity index (χ0n) is 22.4. The fraction of sp³-hybridized carbons (Fsp3) is 0.379. The molecule has 0 unspecified atom stereocenters. The molecule has 5 heterocycles. The second-order valence-corrected chi connectivity index (χ2v) is 10.8. The quantitative estimate of drug-likeness (QED) is 0.353. The van der Waals surface area contributed by atoms with E-state index in [1.54, 1.807) is 49.0 Å². The molecule has 3 aromatic heterocycles. The number of hydrogen-bond acceptors (Lipinski definition) is 8. The van der Waals surface area contributed by atoms with Crippen molar-refractivity contribution in [3.63, 3.8) is 0 Å². The number of rotatable bonds is 7. The number of aliphatic hydroxyl groups is 1. The van der Waals surface area contributed by atoms with Crippen LogP contribution in [0.1, 0.15) is 32.4 Å². The average molecular weight is 527 g/mol. The third kappa shape index (κ3) is 4.81. The second-order valence-electron chi connectivity index (χ2n) is 10.8. The Bertz CT molecular complexity index is 1570. The topological polar surface area (TPSA) is 104 Å². The van der Waals surface area contributed by atoms with E-state index in [0.29, 0.717) is 34.5 Å². The predicted molar refractivity (Wildman–Crippen MR) is 153 cm³/mol. The Balaban J connectivity index is 1.31. The first-order valence-electron chi connectivity index (χ1n) is 13.5. The highest BCUT2D eigenvalue weighted by atomic mass is 16.3. The van der Waals surface area contributed by atoms with Crippen molar-refractivity contribution in [2.45, 2.75) is 44.9 Å². The van der Waals surface area contributed by atoms with Gasteiger partial charge in [0.25, 0.3) is 5.56 Å². The molecule has 0 radical (unpaired) electrons. The van der Waals surface area contributed by atoms with Gasteiger partial charge in [-0.05, 0) is 69.6 Å². The van der Waals surface area contributed by atoms with Crippen LogP contribution in [0.3, 0.4) is 0 Å². The molecule has 10 heteroatoms. The van der Waals surface area contributed by atoms with Crippen molar-refractivity contribution in [2.24, 2.45) is 0 Å². The molecule has 202 valence electrons. The fourth-order valence-corrected chi connectivity index (χ4v) is 5.60. The maximum Gasteiger partial charge on any atom is 0.278 e. The third-order valence-corrected chi connectivity index (χ3v) is 7.63. The van der Waals surface area contributed by atoms with E-state index >= 15 is 0 Å². The van der Waals surface area contributed by atoms with Gasteiger partial charge in [-0.1, -0.05) is 12.1 Å². The van der Waals surface area contributed by atoms with Crippen LogP contribution < -0.4 is 15.8 Å². The summed E-state index contributed by atoms with van der Waals surface area (Å²) in [4.78, 5) is 32.1. The molecule has 2 aliphatic heterocycles. The van der Waals surface area contributed by atoms with Crippen LogP contribution in [0.25, 0.3) is 16.9 Å². The lowest BCUT2D eigenvalue weighted by Crippen LogP contribution is -2.50. The Kier molecular flexibility index (Phi) is 6.44. The van der Waals surface area contributed by atoms with Crippen LogP contribution >= 0.6 is 0 Å². The van der Waals surface area contributed by atoms with Gasteiger partial charge >= 0.3 is 0 Å². The van der Waals surface area contributed by atoms with Crippen molar-refractivity contribution in [3.05, 3.63) is 77.4 Å². The Morgan fingerprint density at radius 3 is 2.72 bits per heavy atom. The molecule has 2 N–H and O–H groups in total. The number of hydrogen-bond donors (Lipinski definition) is 2. The largest absolute Gasteiger partial charge is 0.384 e. The van der Waals surface area contributed by atoms with E-state index in [4.69, 9.17) is 4.98 Å². The molecule has 0 bridgehead atoms. The Labute approximate surface area is 227 Å². The molecule has 10 nitrogen and oxygen atoms in total. The summed E-state index contributed by atoms with van der Waals surface area (Å²) in [6.07, 6.45) is 5.78. The molecular weight excluding hydrogens is 492 g/mol. The highest BCUT2D eigenvalue weighted by Gasteiger charge is 2.30. The summed E-state index contributed by atoms with van der Waals surface area (Å²) >= 11 is 0. The Morgan fingerprint density at radius 2 is 1.95 bits per heavy atom. The van der Waals surface area contributed by atoms with Gasteiger partial charge in [-0.25, -0.2) is 19.3 Å². The van der Waals surface area contributed by atoms with E-state index in [2.05, 4.69) is 43.8 Å². The lowest BCUT2D eigenvalue weighted by atomic mass is 10.1. The van der Waals surface area contributed by atoms with E-state index in [1.165, 1.54) is 29.8 Å². The van der Waals surface area contributed by atoms with E-state index in [-0.39, 0.29) is 12.1 Å². The molecule has 1 atom stereocenters. The molecule has 1 aromatic carbocycles. The number of anilines is 3. The Hall–Kier alpha value is -4.02. The first-order chi connectivity index (χ1) is 18.8. The fourth-order valence-electron chi connectivity index (χ4n) is 5.60. The number of aromatic nitrogens is 5. The van der Waals surface area contributed by atoms with Gasteiger partial charge in [0.2, 0.25) is 5.95 Å². The molecule has 39 heavy (non-hydrogen) atoms. The van der Waals surface area contributed by atoms with Gasteiger partial charge in [0.1, 0.15) is 11.0 Å². The van der Waals surface area contributed by atoms with Crippen LogP contribution in [0, 0.1) is 0 Å². The lowest BCUT2D eigenvalue weighted by molar-refractivity contribution is 0.0738. The third-order valence-electron chi connectivity index (χ3n) is 7.63. The van der Waals surface area contributed by atoms with E-state index in [0.717, 1.165) is 25.3 Å². The maximum atomic E-state index is 13.2. The zero-order chi connectivity index (χ0) is 27.1. The summed E-state index contributed by atoms with van der Waals surface area (Å²) in [5, 5.41) is 14.2. The first-order valence-corrected chi connectivity index (χ1v) is 13.5. The van der Waals surface area contributed by atoms with Crippen LogP contribution in [-0.2, 0) is 12.1 Å². The van der Waals surface area contributed by atoms with Crippen LogP contribution in [0.2, 0.25) is 0 Å². The molecule has 2 aliphatic rings. The van der Waals surface area contributed by atoms with Gasteiger partial charge in [-0.3, -0.25) is 9.69 Å². The molecule has 0 aliphatic carbocycles. The molecule has 2 fully saturated rings. The lowest BCUT2D eigenvalue weighted by Gasteiger charge is -2.38. The molecule has 0 spiro atoms.